The van der Waals surface area contributed by atoms with Crippen LogP contribution in [0.15, 0.2) is 57.7 Å². The average molecular weight is 371 g/mol. The minimum atomic E-state index is -0.408. The van der Waals surface area contributed by atoms with E-state index in [0.717, 1.165) is 33.2 Å². The summed E-state index contributed by atoms with van der Waals surface area (Å²) in [5, 5.41) is 7.71. The number of aromatic nitrogens is 3. The van der Waals surface area contributed by atoms with E-state index in [0.29, 0.717) is 22.4 Å². The maximum absolute atomic E-state index is 12.8. The third-order valence-corrected chi connectivity index (χ3v) is 5.04. The van der Waals surface area contributed by atoms with Gasteiger partial charge in [0, 0.05) is 16.8 Å². The van der Waals surface area contributed by atoms with Crippen LogP contribution in [0.5, 0.6) is 5.75 Å². The van der Waals surface area contributed by atoms with E-state index in [1.807, 2.05) is 61.0 Å². The van der Waals surface area contributed by atoms with Gasteiger partial charge in [0.2, 0.25) is 0 Å². The number of aryl methyl sites for hydroxylation is 2. The molecule has 0 bridgehead atoms. The molecule has 0 aliphatic rings. The summed E-state index contributed by atoms with van der Waals surface area (Å²) in [6.07, 6.45) is 0. The van der Waals surface area contributed by atoms with E-state index in [4.69, 9.17) is 19.2 Å². The summed E-state index contributed by atoms with van der Waals surface area (Å²) in [5.41, 5.74) is 3.13. The summed E-state index contributed by atoms with van der Waals surface area (Å²) in [5.74, 6) is 0.633. The van der Waals surface area contributed by atoms with Crippen LogP contribution >= 0.6 is 0 Å². The number of benzene rings is 2. The molecule has 5 rings (SSSR count). The van der Waals surface area contributed by atoms with Crippen LogP contribution in [0.4, 0.5) is 0 Å². The van der Waals surface area contributed by atoms with Gasteiger partial charge >= 0.3 is 5.63 Å². The largest absolute Gasteiger partial charge is 0.497 e. The van der Waals surface area contributed by atoms with Crippen molar-refractivity contribution in [1.29, 1.82) is 0 Å². The molecule has 28 heavy (non-hydrogen) atoms. The Morgan fingerprint density at radius 3 is 2.50 bits per heavy atom. The van der Waals surface area contributed by atoms with E-state index in [1.54, 1.807) is 13.2 Å². The number of hydrogen-bond donors (Lipinski definition) is 0. The lowest BCUT2D eigenvalue weighted by molar-refractivity contribution is 0.414. The van der Waals surface area contributed by atoms with Gasteiger partial charge in [-0.25, -0.2) is 14.5 Å². The highest BCUT2D eigenvalue weighted by atomic mass is 16.5. The molecule has 0 radical (unpaired) electrons. The van der Waals surface area contributed by atoms with Crippen molar-refractivity contribution < 1.29 is 9.15 Å². The van der Waals surface area contributed by atoms with Gasteiger partial charge in [0.25, 0.3) is 0 Å². The predicted octanol–water partition coefficient (Wildman–Crippen LogP) is 4.31. The SMILES string of the molecule is COc1ccc2c(c1)oc(=O)c1c(C)nc3c(c(C)nn3-c3ccccc3)c12. The zero-order chi connectivity index (χ0) is 19.4. The van der Waals surface area contributed by atoms with Crippen molar-refractivity contribution in [2.75, 3.05) is 7.11 Å². The molecule has 0 saturated carbocycles. The van der Waals surface area contributed by atoms with Gasteiger partial charge in [-0.15, -0.1) is 0 Å². The number of nitrogens with zero attached hydrogens (tertiary/aromatic N) is 3. The number of methoxy groups -OCH3 is 1. The van der Waals surface area contributed by atoms with Crippen molar-refractivity contribution >= 4 is 32.8 Å². The molecule has 3 aromatic heterocycles. The molecule has 0 aliphatic heterocycles. The lowest BCUT2D eigenvalue weighted by atomic mass is 10.0. The molecule has 5 aromatic rings. The minimum Gasteiger partial charge on any atom is -0.497 e. The summed E-state index contributed by atoms with van der Waals surface area (Å²) >= 11 is 0. The van der Waals surface area contributed by atoms with Crippen LogP contribution < -0.4 is 10.4 Å². The minimum absolute atomic E-state index is 0.408. The quantitative estimate of drug-likeness (QED) is 0.342. The Kier molecular flexibility index (Phi) is 3.49. The third kappa shape index (κ3) is 2.24. The van der Waals surface area contributed by atoms with Gasteiger partial charge in [0.1, 0.15) is 11.3 Å². The average Bonchev–Trinajstić information content (AvgIpc) is 3.04. The lowest BCUT2D eigenvalue weighted by Crippen LogP contribution is -2.05. The van der Waals surface area contributed by atoms with Crippen LogP contribution in [0.25, 0.3) is 38.5 Å². The summed E-state index contributed by atoms with van der Waals surface area (Å²) in [6.45, 7) is 3.76. The number of fused-ring (bicyclic) bond motifs is 5. The molecule has 6 nitrogen and oxygen atoms in total. The fraction of sp³-hybridized carbons (Fsp3) is 0.136. The fourth-order valence-corrected chi connectivity index (χ4v) is 3.77. The number of pyridine rings is 1. The van der Waals surface area contributed by atoms with E-state index in [-0.39, 0.29) is 0 Å². The lowest BCUT2D eigenvalue weighted by Gasteiger charge is -2.09. The number of rotatable bonds is 2. The molecule has 0 saturated heterocycles. The molecule has 2 aromatic carbocycles. The molecule has 6 heteroatoms. The molecular formula is C22H17N3O3. The van der Waals surface area contributed by atoms with Crippen molar-refractivity contribution in [2.45, 2.75) is 13.8 Å². The Labute approximate surface area is 160 Å². The Balaban J connectivity index is 2.02. The van der Waals surface area contributed by atoms with Crippen LogP contribution in [0.3, 0.4) is 0 Å². The molecule has 0 atom stereocenters. The van der Waals surface area contributed by atoms with Crippen molar-refractivity contribution in [2.24, 2.45) is 0 Å². The maximum Gasteiger partial charge on any atom is 0.346 e. The van der Waals surface area contributed by atoms with Crippen molar-refractivity contribution in [1.82, 2.24) is 14.8 Å². The standard InChI is InChI=1S/C22H17N3O3/c1-12-19-20(16-10-9-15(27-3)11-17(16)28-22(19)26)18-13(2)24-25(21(18)23-12)14-7-5-4-6-8-14/h4-11H,1-3H3. The number of ether oxygens (including phenoxy) is 1. The third-order valence-electron chi connectivity index (χ3n) is 5.04. The zero-order valence-electron chi connectivity index (χ0n) is 15.7. The second-order valence-electron chi connectivity index (χ2n) is 6.73. The Morgan fingerprint density at radius 2 is 1.75 bits per heavy atom. The van der Waals surface area contributed by atoms with Gasteiger partial charge in [0.05, 0.1) is 35.0 Å². The van der Waals surface area contributed by atoms with Crippen molar-refractivity contribution in [3.63, 3.8) is 0 Å². The van der Waals surface area contributed by atoms with Crippen LogP contribution in [0, 0.1) is 13.8 Å². The fourth-order valence-electron chi connectivity index (χ4n) is 3.77. The Hall–Kier alpha value is -3.67. The summed E-state index contributed by atoms with van der Waals surface area (Å²) < 4.78 is 12.7. The monoisotopic (exact) mass is 371 g/mol. The second-order valence-corrected chi connectivity index (χ2v) is 6.73. The van der Waals surface area contributed by atoms with E-state index < -0.39 is 5.63 Å². The van der Waals surface area contributed by atoms with Gasteiger partial charge in [-0.05, 0) is 38.1 Å². The molecule has 0 fully saturated rings. The molecule has 0 unspecified atom stereocenters. The van der Waals surface area contributed by atoms with Crippen molar-refractivity contribution in [3.05, 3.63) is 70.3 Å². The first kappa shape index (κ1) is 16.5. The molecule has 3 heterocycles. The van der Waals surface area contributed by atoms with Crippen molar-refractivity contribution in [3.8, 4) is 11.4 Å². The molecular weight excluding hydrogens is 354 g/mol. The number of para-hydroxylation sites is 1. The first-order valence-electron chi connectivity index (χ1n) is 8.94. The topological polar surface area (TPSA) is 70.2 Å². The molecule has 0 aliphatic carbocycles. The first-order valence-corrected chi connectivity index (χ1v) is 8.94. The molecule has 0 N–H and O–H groups in total. The van der Waals surface area contributed by atoms with E-state index in [2.05, 4.69) is 0 Å². The molecule has 138 valence electrons. The highest BCUT2D eigenvalue weighted by Crippen LogP contribution is 2.34. The Bertz CT molecular complexity index is 1430. The highest BCUT2D eigenvalue weighted by Gasteiger charge is 2.20. The molecule has 0 spiro atoms. The van der Waals surface area contributed by atoms with Crippen LogP contribution in [-0.4, -0.2) is 21.9 Å². The van der Waals surface area contributed by atoms with E-state index in [9.17, 15) is 4.79 Å². The first-order chi connectivity index (χ1) is 13.6. The maximum atomic E-state index is 12.8. The predicted molar refractivity (Wildman–Crippen MR) is 108 cm³/mol. The van der Waals surface area contributed by atoms with Crippen LogP contribution in [-0.2, 0) is 0 Å². The van der Waals surface area contributed by atoms with E-state index >= 15 is 0 Å². The number of hydrogen-bond acceptors (Lipinski definition) is 5. The summed E-state index contributed by atoms with van der Waals surface area (Å²) in [4.78, 5) is 17.5. The zero-order valence-corrected chi connectivity index (χ0v) is 15.7. The second kappa shape index (κ2) is 5.92. The van der Waals surface area contributed by atoms with E-state index in [1.165, 1.54) is 0 Å². The molecule has 0 amide bonds. The van der Waals surface area contributed by atoms with Gasteiger partial charge in [-0.3, -0.25) is 0 Å². The normalized spacial score (nSPS) is 11.5. The Morgan fingerprint density at radius 1 is 0.964 bits per heavy atom. The highest BCUT2D eigenvalue weighted by molar-refractivity contribution is 6.18. The van der Waals surface area contributed by atoms with Crippen LogP contribution in [0.2, 0.25) is 0 Å². The van der Waals surface area contributed by atoms with Gasteiger partial charge < -0.3 is 9.15 Å². The van der Waals surface area contributed by atoms with Gasteiger partial charge in [-0.1, -0.05) is 18.2 Å². The van der Waals surface area contributed by atoms with Gasteiger partial charge in [0.15, 0.2) is 5.65 Å². The summed E-state index contributed by atoms with van der Waals surface area (Å²) in [6, 6.07) is 15.4. The van der Waals surface area contributed by atoms with Crippen LogP contribution in [0.1, 0.15) is 11.4 Å². The summed E-state index contributed by atoms with van der Waals surface area (Å²) in [7, 11) is 1.58. The van der Waals surface area contributed by atoms with Gasteiger partial charge in [-0.2, -0.15) is 5.10 Å². The smallest absolute Gasteiger partial charge is 0.346 e.